The fourth-order valence-corrected chi connectivity index (χ4v) is 1.46. The third kappa shape index (κ3) is 1.01. The van der Waals surface area contributed by atoms with Crippen LogP contribution in [0.2, 0.25) is 5.15 Å². The first-order valence-corrected chi connectivity index (χ1v) is 4.22. The van der Waals surface area contributed by atoms with Crippen molar-refractivity contribution in [2.45, 2.75) is 13.1 Å². The lowest BCUT2D eigenvalue weighted by molar-refractivity contribution is 0.798. The van der Waals surface area contributed by atoms with Gasteiger partial charge in [0.25, 0.3) is 0 Å². The number of aromatic nitrogens is 1. The largest absolute Gasteiger partial charge is 0.362 e. The van der Waals surface area contributed by atoms with Crippen molar-refractivity contribution in [2.75, 3.05) is 17.3 Å². The molecule has 1 aromatic heterocycles. The summed E-state index contributed by atoms with van der Waals surface area (Å²) in [4.78, 5) is 6.27. The van der Waals surface area contributed by atoms with Crippen LogP contribution in [-0.4, -0.2) is 18.2 Å². The molecule has 1 N–H and O–H groups in total. The Morgan fingerprint density at radius 1 is 1.58 bits per heavy atom. The van der Waals surface area contributed by atoms with E-state index in [1.807, 2.05) is 13.1 Å². The normalized spacial score (nSPS) is 20.6. The van der Waals surface area contributed by atoms with Crippen LogP contribution in [0, 0.1) is 0 Å². The van der Waals surface area contributed by atoms with E-state index in [4.69, 9.17) is 11.6 Å². The summed E-state index contributed by atoms with van der Waals surface area (Å²) in [5, 5.41) is 3.82. The van der Waals surface area contributed by atoms with Crippen LogP contribution in [0.15, 0.2) is 12.1 Å². The number of hydrogen-bond acceptors (Lipinski definition) is 3. The molecule has 1 unspecified atom stereocenters. The molecule has 0 bridgehead atoms. The third-order valence-electron chi connectivity index (χ3n) is 2.12. The summed E-state index contributed by atoms with van der Waals surface area (Å²) in [6, 6.07) is 3.74. The predicted octanol–water partition coefficient (Wildman–Crippen LogP) is 1.94. The third-order valence-corrected chi connectivity index (χ3v) is 2.33. The predicted molar refractivity (Wildman–Crippen MR) is 50.7 cm³/mol. The van der Waals surface area contributed by atoms with Gasteiger partial charge in [-0.3, -0.25) is 0 Å². The topological polar surface area (TPSA) is 28.2 Å². The number of halogens is 1. The van der Waals surface area contributed by atoms with E-state index in [0.29, 0.717) is 11.3 Å². The van der Waals surface area contributed by atoms with Crippen molar-refractivity contribution in [3.05, 3.63) is 17.3 Å². The summed E-state index contributed by atoms with van der Waals surface area (Å²) in [5.41, 5.74) is 1.05. The van der Waals surface area contributed by atoms with Gasteiger partial charge in [0.15, 0.2) is 5.82 Å². The molecule has 4 heteroatoms. The summed E-state index contributed by atoms with van der Waals surface area (Å²) in [6.07, 6.45) is 0.297. The molecule has 3 nitrogen and oxygen atoms in total. The van der Waals surface area contributed by atoms with Crippen LogP contribution < -0.4 is 10.2 Å². The second kappa shape index (κ2) is 2.52. The maximum atomic E-state index is 5.77. The first-order valence-electron chi connectivity index (χ1n) is 3.84. The highest BCUT2D eigenvalue weighted by molar-refractivity contribution is 6.29. The molecule has 0 aliphatic carbocycles. The summed E-state index contributed by atoms with van der Waals surface area (Å²) in [7, 11) is 1.99. The van der Waals surface area contributed by atoms with Gasteiger partial charge in [0.05, 0.1) is 11.9 Å². The van der Waals surface area contributed by atoms with Gasteiger partial charge >= 0.3 is 0 Å². The van der Waals surface area contributed by atoms with E-state index in [9.17, 15) is 0 Å². The molecule has 64 valence electrons. The summed E-state index contributed by atoms with van der Waals surface area (Å²) < 4.78 is 0. The highest BCUT2D eigenvalue weighted by Gasteiger charge is 2.22. The quantitative estimate of drug-likeness (QED) is 0.624. The molecule has 1 aromatic rings. The Kier molecular flexibility index (Phi) is 1.61. The molecular formula is C8H10ClN3. The van der Waals surface area contributed by atoms with E-state index in [1.165, 1.54) is 0 Å². The van der Waals surface area contributed by atoms with Crippen LogP contribution in [0.4, 0.5) is 11.5 Å². The lowest BCUT2D eigenvalue weighted by Gasteiger charge is -2.15. The standard InChI is InChI=1S/C8H10ClN3/c1-5-10-6-3-4-7(9)11-8(6)12(5)2/h3-5,10H,1-2H3. The van der Waals surface area contributed by atoms with Crippen molar-refractivity contribution in [1.29, 1.82) is 0 Å². The Hall–Kier alpha value is -0.960. The van der Waals surface area contributed by atoms with Gasteiger partial charge in [-0.25, -0.2) is 4.98 Å². The van der Waals surface area contributed by atoms with Crippen molar-refractivity contribution in [1.82, 2.24) is 4.98 Å². The number of fused-ring (bicyclic) bond motifs is 1. The van der Waals surface area contributed by atoms with Gasteiger partial charge in [-0.05, 0) is 19.1 Å². The van der Waals surface area contributed by atoms with E-state index in [0.717, 1.165) is 11.5 Å². The number of hydrogen-bond donors (Lipinski definition) is 1. The summed E-state index contributed by atoms with van der Waals surface area (Å²) in [5.74, 6) is 0.926. The molecule has 1 aliphatic heterocycles. The molecule has 1 aliphatic rings. The Morgan fingerprint density at radius 3 is 3.08 bits per heavy atom. The SMILES string of the molecule is CC1Nc2ccc(Cl)nc2N1C. The van der Waals surface area contributed by atoms with E-state index < -0.39 is 0 Å². The average molecular weight is 184 g/mol. The zero-order valence-electron chi connectivity index (χ0n) is 7.00. The second-order valence-electron chi connectivity index (χ2n) is 2.94. The van der Waals surface area contributed by atoms with Crippen molar-refractivity contribution in [3.8, 4) is 0 Å². The smallest absolute Gasteiger partial charge is 0.155 e. The Bertz CT molecular complexity index is 313. The van der Waals surface area contributed by atoms with Gasteiger partial charge in [-0.1, -0.05) is 11.6 Å². The van der Waals surface area contributed by atoms with Crippen molar-refractivity contribution >= 4 is 23.1 Å². The zero-order chi connectivity index (χ0) is 8.72. The Labute approximate surface area is 76.4 Å². The lowest BCUT2D eigenvalue weighted by atomic mass is 10.4. The van der Waals surface area contributed by atoms with Gasteiger partial charge in [-0.2, -0.15) is 0 Å². The molecule has 0 spiro atoms. The van der Waals surface area contributed by atoms with Crippen molar-refractivity contribution in [2.24, 2.45) is 0 Å². The number of nitrogens with one attached hydrogen (secondary N) is 1. The van der Waals surface area contributed by atoms with Gasteiger partial charge in [0.1, 0.15) is 5.15 Å². The zero-order valence-corrected chi connectivity index (χ0v) is 7.76. The van der Waals surface area contributed by atoms with Crippen LogP contribution in [0.5, 0.6) is 0 Å². The van der Waals surface area contributed by atoms with Gasteiger partial charge in [0, 0.05) is 7.05 Å². The first kappa shape index (κ1) is 7.68. The number of rotatable bonds is 0. The number of anilines is 2. The van der Waals surface area contributed by atoms with Crippen LogP contribution in [0.3, 0.4) is 0 Å². The fourth-order valence-electron chi connectivity index (χ4n) is 1.31. The second-order valence-corrected chi connectivity index (χ2v) is 3.32. The van der Waals surface area contributed by atoms with Gasteiger partial charge in [-0.15, -0.1) is 0 Å². The Balaban J connectivity index is 2.48. The maximum absolute atomic E-state index is 5.77. The van der Waals surface area contributed by atoms with Crippen LogP contribution in [0.25, 0.3) is 0 Å². The molecule has 0 aromatic carbocycles. The maximum Gasteiger partial charge on any atom is 0.155 e. The Morgan fingerprint density at radius 2 is 2.33 bits per heavy atom. The summed E-state index contributed by atoms with van der Waals surface area (Å²) >= 11 is 5.77. The molecular weight excluding hydrogens is 174 g/mol. The molecule has 0 saturated heterocycles. The summed E-state index contributed by atoms with van der Waals surface area (Å²) in [6.45, 7) is 2.08. The highest BCUT2D eigenvalue weighted by Crippen LogP contribution is 2.31. The molecule has 0 radical (unpaired) electrons. The minimum absolute atomic E-state index is 0.297. The molecule has 0 saturated carbocycles. The van der Waals surface area contributed by atoms with E-state index >= 15 is 0 Å². The lowest BCUT2D eigenvalue weighted by Crippen LogP contribution is -2.28. The number of pyridine rings is 1. The monoisotopic (exact) mass is 183 g/mol. The molecule has 0 fully saturated rings. The van der Waals surface area contributed by atoms with Crippen LogP contribution in [-0.2, 0) is 0 Å². The minimum atomic E-state index is 0.297. The van der Waals surface area contributed by atoms with Gasteiger partial charge in [0.2, 0.25) is 0 Å². The highest BCUT2D eigenvalue weighted by atomic mass is 35.5. The van der Waals surface area contributed by atoms with E-state index in [-0.39, 0.29) is 0 Å². The fraction of sp³-hybridized carbons (Fsp3) is 0.375. The van der Waals surface area contributed by atoms with Crippen LogP contribution in [0.1, 0.15) is 6.92 Å². The molecule has 0 amide bonds. The van der Waals surface area contributed by atoms with Crippen molar-refractivity contribution in [3.63, 3.8) is 0 Å². The molecule has 2 heterocycles. The van der Waals surface area contributed by atoms with Crippen LogP contribution >= 0.6 is 11.6 Å². The number of nitrogens with zero attached hydrogens (tertiary/aromatic N) is 2. The molecule has 12 heavy (non-hydrogen) atoms. The van der Waals surface area contributed by atoms with E-state index in [1.54, 1.807) is 6.07 Å². The van der Waals surface area contributed by atoms with Gasteiger partial charge < -0.3 is 10.2 Å². The molecule has 2 rings (SSSR count). The minimum Gasteiger partial charge on any atom is -0.362 e. The van der Waals surface area contributed by atoms with Crippen molar-refractivity contribution < 1.29 is 0 Å². The first-order chi connectivity index (χ1) is 5.68. The average Bonchev–Trinajstić information content (AvgIpc) is 2.31. The molecule has 1 atom stereocenters. The van der Waals surface area contributed by atoms with E-state index in [2.05, 4.69) is 22.1 Å².